The first-order valence-electron chi connectivity index (χ1n) is 6.82. The fraction of sp³-hybridized carbons (Fsp3) is 1.00. The third-order valence-electron chi connectivity index (χ3n) is 2.05. The van der Waals surface area contributed by atoms with Crippen LogP contribution in [0.5, 0.6) is 0 Å². The van der Waals surface area contributed by atoms with Crippen LogP contribution in [-0.2, 0) is 21.6 Å². The molecular formula is C14H32O2S2. The van der Waals surface area contributed by atoms with Gasteiger partial charge in [0.1, 0.15) is 0 Å². The molecule has 0 spiro atoms. The van der Waals surface area contributed by atoms with Crippen LogP contribution in [0.1, 0.15) is 55.4 Å². The van der Waals surface area contributed by atoms with E-state index in [0.717, 1.165) is 11.5 Å². The van der Waals surface area contributed by atoms with Gasteiger partial charge in [-0.1, -0.05) is 55.4 Å². The van der Waals surface area contributed by atoms with Gasteiger partial charge in [0.05, 0.1) is 0 Å². The zero-order valence-corrected chi connectivity index (χ0v) is 15.0. The SMILES string of the molecule is CC(C)CS(=O)C(C)C.CC(C)CS(=O)C(C)C. The van der Waals surface area contributed by atoms with Crippen LogP contribution >= 0.6 is 0 Å². The Morgan fingerprint density at radius 3 is 0.889 bits per heavy atom. The van der Waals surface area contributed by atoms with Crippen LogP contribution in [0.4, 0.5) is 0 Å². The van der Waals surface area contributed by atoms with Crippen molar-refractivity contribution in [3.05, 3.63) is 0 Å². The summed E-state index contributed by atoms with van der Waals surface area (Å²) >= 11 is 0. The third-order valence-corrected chi connectivity index (χ3v) is 6.14. The predicted molar refractivity (Wildman–Crippen MR) is 86.0 cm³/mol. The van der Waals surface area contributed by atoms with Crippen molar-refractivity contribution in [2.24, 2.45) is 11.8 Å². The molecular weight excluding hydrogens is 264 g/mol. The molecule has 0 aliphatic heterocycles. The van der Waals surface area contributed by atoms with Crippen molar-refractivity contribution in [3.63, 3.8) is 0 Å². The monoisotopic (exact) mass is 296 g/mol. The van der Waals surface area contributed by atoms with Crippen LogP contribution in [0.3, 0.4) is 0 Å². The molecule has 2 nitrogen and oxygen atoms in total. The normalized spacial score (nSPS) is 14.9. The van der Waals surface area contributed by atoms with E-state index in [1.54, 1.807) is 0 Å². The smallest absolute Gasteiger partial charge is 0.0291 e. The zero-order chi connectivity index (χ0) is 14.9. The quantitative estimate of drug-likeness (QED) is 0.750. The maximum absolute atomic E-state index is 11.1. The lowest BCUT2D eigenvalue weighted by atomic mass is 10.3. The van der Waals surface area contributed by atoms with Gasteiger partial charge in [-0.2, -0.15) is 0 Å². The van der Waals surface area contributed by atoms with Crippen LogP contribution in [-0.4, -0.2) is 30.4 Å². The zero-order valence-electron chi connectivity index (χ0n) is 13.4. The van der Waals surface area contributed by atoms with Gasteiger partial charge in [0.15, 0.2) is 0 Å². The van der Waals surface area contributed by atoms with Gasteiger partial charge in [-0.15, -0.1) is 0 Å². The molecule has 0 fully saturated rings. The van der Waals surface area contributed by atoms with Crippen LogP contribution < -0.4 is 0 Å². The van der Waals surface area contributed by atoms with Crippen molar-refractivity contribution < 1.29 is 8.42 Å². The van der Waals surface area contributed by atoms with E-state index in [-0.39, 0.29) is 0 Å². The highest BCUT2D eigenvalue weighted by Crippen LogP contribution is 2.01. The minimum Gasteiger partial charge on any atom is -0.259 e. The molecule has 4 heteroatoms. The first-order chi connectivity index (χ1) is 8.07. The molecule has 0 radical (unpaired) electrons. The highest BCUT2D eigenvalue weighted by Gasteiger charge is 2.06. The fourth-order valence-corrected chi connectivity index (χ4v) is 3.13. The average Bonchev–Trinajstić information content (AvgIpc) is 2.16. The van der Waals surface area contributed by atoms with Crippen molar-refractivity contribution in [3.8, 4) is 0 Å². The van der Waals surface area contributed by atoms with Gasteiger partial charge in [0.2, 0.25) is 0 Å². The molecule has 0 rings (SSSR count). The second-order valence-electron chi connectivity index (χ2n) is 5.98. The molecule has 2 atom stereocenters. The molecule has 0 aliphatic carbocycles. The summed E-state index contributed by atoms with van der Waals surface area (Å²) in [4.78, 5) is 0. The van der Waals surface area contributed by atoms with E-state index in [1.165, 1.54) is 0 Å². The van der Waals surface area contributed by atoms with E-state index in [1.807, 2.05) is 27.7 Å². The van der Waals surface area contributed by atoms with Gasteiger partial charge in [-0.25, -0.2) is 0 Å². The summed E-state index contributed by atoms with van der Waals surface area (Å²) in [5.74, 6) is 2.82. The second-order valence-corrected chi connectivity index (χ2v) is 10.1. The minimum atomic E-state index is -0.602. The maximum atomic E-state index is 11.1. The third kappa shape index (κ3) is 14.4. The Bertz CT molecular complexity index is 220. The minimum absolute atomic E-state index is 0.326. The summed E-state index contributed by atoms with van der Waals surface area (Å²) in [6.45, 7) is 16.4. The molecule has 0 saturated carbocycles. The van der Waals surface area contributed by atoms with Gasteiger partial charge in [-0.3, -0.25) is 8.42 Å². The largest absolute Gasteiger partial charge is 0.259 e. The summed E-state index contributed by atoms with van der Waals surface area (Å²) < 4.78 is 22.1. The van der Waals surface area contributed by atoms with Crippen LogP contribution in [0, 0.1) is 11.8 Å². The van der Waals surface area contributed by atoms with E-state index in [4.69, 9.17) is 0 Å². The predicted octanol–water partition coefficient (Wildman–Crippen LogP) is 3.60. The van der Waals surface area contributed by atoms with Gasteiger partial charge >= 0.3 is 0 Å². The topological polar surface area (TPSA) is 34.1 Å². The molecule has 0 heterocycles. The Morgan fingerprint density at radius 1 is 0.611 bits per heavy atom. The lowest BCUT2D eigenvalue weighted by molar-refractivity contribution is 0.657. The first kappa shape index (κ1) is 20.6. The van der Waals surface area contributed by atoms with E-state index >= 15 is 0 Å². The van der Waals surface area contributed by atoms with E-state index in [2.05, 4.69) is 27.7 Å². The highest BCUT2D eigenvalue weighted by molar-refractivity contribution is 7.85. The molecule has 0 aromatic heterocycles. The second kappa shape index (κ2) is 11.2. The van der Waals surface area contributed by atoms with Gasteiger partial charge in [0, 0.05) is 43.6 Å². The fourth-order valence-electron chi connectivity index (χ4n) is 1.04. The molecule has 0 amide bonds. The summed E-state index contributed by atoms with van der Waals surface area (Å²) in [5, 5.41) is 0.653. The van der Waals surface area contributed by atoms with Crippen molar-refractivity contribution in [1.29, 1.82) is 0 Å². The van der Waals surface area contributed by atoms with Crippen LogP contribution in [0.15, 0.2) is 0 Å². The first-order valence-corrected chi connectivity index (χ1v) is 9.58. The highest BCUT2D eigenvalue weighted by atomic mass is 32.2. The molecule has 18 heavy (non-hydrogen) atoms. The Balaban J connectivity index is 0. The Kier molecular flexibility index (Phi) is 12.8. The number of hydrogen-bond acceptors (Lipinski definition) is 2. The van der Waals surface area contributed by atoms with Crippen LogP contribution in [0.2, 0.25) is 0 Å². The molecule has 0 aliphatic rings. The van der Waals surface area contributed by atoms with E-state index < -0.39 is 21.6 Å². The van der Waals surface area contributed by atoms with Gasteiger partial charge in [-0.05, 0) is 11.8 Å². The van der Waals surface area contributed by atoms with Gasteiger partial charge in [0.25, 0.3) is 0 Å². The maximum Gasteiger partial charge on any atom is 0.0291 e. The average molecular weight is 297 g/mol. The molecule has 0 bridgehead atoms. The van der Waals surface area contributed by atoms with Gasteiger partial charge < -0.3 is 0 Å². The van der Waals surface area contributed by atoms with Crippen molar-refractivity contribution in [2.45, 2.75) is 65.9 Å². The van der Waals surface area contributed by atoms with Crippen LogP contribution in [0.25, 0.3) is 0 Å². The van der Waals surface area contributed by atoms with Crippen molar-refractivity contribution >= 4 is 21.6 Å². The summed E-state index contributed by atoms with van der Waals surface area (Å²) in [7, 11) is -1.20. The van der Waals surface area contributed by atoms with Crippen molar-refractivity contribution in [2.75, 3.05) is 11.5 Å². The van der Waals surface area contributed by atoms with Crippen molar-refractivity contribution in [1.82, 2.24) is 0 Å². The number of rotatable bonds is 6. The standard InChI is InChI=1S/2C7H16OS/c2*1-6(2)5-9(8)7(3)4/h2*6-7H,5H2,1-4H3. The lowest BCUT2D eigenvalue weighted by Gasteiger charge is -2.06. The Morgan fingerprint density at radius 2 is 0.833 bits per heavy atom. The molecule has 0 aromatic rings. The molecule has 0 aromatic carbocycles. The Labute approximate surface area is 119 Å². The molecule has 2 unspecified atom stereocenters. The lowest BCUT2D eigenvalue weighted by Crippen LogP contribution is -2.13. The molecule has 0 N–H and O–H groups in total. The van der Waals surface area contributed by atoms with E-state index in [0.29, 0.717) is 22.3 Å². The molecule has 112 valence electrons. The summed E-state index contributed by atoms with van der Waals surface area (Å²) in [5.41, 5.74) is 0. The Hall–Kier alpha value is 0.300. The summed E-state index contributed by atoms with van der Waals surface area (Å²) in [6.07, 6.45) is 0. The molecule has 0 saturated heterocycles. The summed E-state index contributed by atoms with van der Waals surface area (Å²) in [6, 6.07) is 0. The number of hydrogen-bond donors (Lipinski definition) is 0. The van der Waals surface area contributed by atoms with E-state index in [9.17, 15) is 8.42 Å².